The van der Waals surface area contributed by atoms with Gasteiger partial charge in [-0.05, 0) is 55.3 Å². The van der Waals surface area contributed by atoms with Crippen LogP contribution in [-0.2, 0) is 19.6 Å². The number of nitrogens with zero attached hydrogens (tertiary/aromatic N) is 1. The van der Waals surface area contributed by atoms with Crippen LogP contribution in [0.4, 0.5) is 10.1 Å². The SMILES string of the molecule is CN1C(=O)c2cc(NS(=O)(=O)c3ccc(F)cc3)ccc2OC[C@@H]2O[C@@H](CC(=O)O)CC[C@H]21. The third kappa shape index (κ3) is 4.93. The van der Waals surface area contributed by atoms with Crippen LogP contribution in [0.3, 0.4) is 0 Å². The number of amides is 1. The highest BCUT2D eigenvalue weighted by Crippen LogP contribution is 2.33. The summed E-state index contributed by atoms with van der Waals surface area (Å²) in [6, 6.07) is 8.42. The van der Waals surface area contributed by atoms with Gasteiger partial charge in [0.1, 0.15) is 24.3 Å². The molecule has 2 aromatic carbocycles. The molecule has 0 spiro atoms. The number of benzene rings is 2. The normalized spacial score (nSPS) is 22.9. The molecule has 0 unspecified atom stereocenters. The van der Waals surface area contributed by atoms with Crippen LogP contribution in [0, 0.1) is 5.82 Å². The van der Waals surface area contributed by atoms with Gasteiger partial charge in [-0.2, -0.15) is 0 Å². The zero-order chi connectivity index (χ0) is 23.8. The number of halogens is 1. The zero-order valence-electron chi connectivity index (χ0n) is 17.7. The lowest BCUT2D eigenvalue weighted by Gasteiger charge is -2.42. The van der Waals surface area contributed by atoms with Crippen molar-refractivity contribution < 1.29 is 37.0 Å². The van der Waals surface area contributed by atoms with E-state index in [0.29, 0.717) is 12.8 Å². The van der Waals surface area contributed by atoms with Gasteiger partial charge in [-0.15, -0.1) is 0 Å². The number of carboxylic acid groups (broad SMARTS) is 1. The second kappa shape index (κ2) is 8.99. The number of carbonyl (C=O) groups is 2. The topological polar surface area (TPSA) is 122 Å². The van der Waals surface area contributed by atoms with E-state index in [9.17, 15) is 22.4 Å². The number of carboxylic acids is 1. The molecule has 0 bridgehead atoms. The predicted octanol–water partition coefficient (Wildman–Crippen LogP) is 2.48. The van der Waals surface area contributed by atoms with Crippen molar-refractivity contribution in [3.05, 3.63) is 53.8 Å². The fraction of sp³-hybridized carbons (Fsp3) is 0.364. The number of nitrogens with one attached hydrogen (secondary N) is 1. The van der Waals surface area contributed by atoms with E-state index in [4.69, 9.17) is 14.6 Å². The summed E-state index contributed by atoms with van der Waals surface area (Å²) in [4.78, 5) is 25.6. The van der Waals surface area contributed by atoms with Crippen molar-refractivity contribution in [3.63, 3.8) is 0 Å². The molecule has 1 amide bonds. The third-order valence-corrected chi connectivity index (χ3v) is 7.19. The van der Waals surface area contributed by atoms with Crippen molar-refractivity contribution >= 4 is 27.6 Å². The molecule has 2 aliphatic rings. The lowest BCUT2D eigenvalue weighted by Crippen LogP contribution is -2.53. The van der Waals surface area contributed by atoms with E-state index in [0.717, 1.165) is 24.3 Å². The molecule has 4 rings (SSSR count). The number of carbonyl (C=O) groups excluding carboxylic acids is 1. The van der Waals surface area contributed by atoms with Gasteiger partial charge in [0.15, 0.2) is 0 Å². The average molecular weight is 478 g/mol. The van der Waals surface area contributed by atoms with Gasteiger partial charge in [-0.1, -0.05) is 0 Å². The quantitative estimate of drug-likeness (QED) is 0.677. The van der Waals surface area contributed by atoms with Gasteiger partial charge in [0, 0.05) is 12.7 Å². The van der Waals surface area contributed by atoms with Crippen LogP contribution in [-0.4, -0.2) is 62.2 Å². The molecular formula is C22H23FN2O7S. The second-order valence-corrected chi connectivity index (χ2v) is 9.72. The molecule has 1 saturated heterocycles. The first-order chi connectivity index (χ1) is 15.6. The van der Waals surface area contributed by atoms with E-state index in [-0.39, 0.29) is 46.9 Å². The van der Waals surface area contributed by atoms with E-state index in [2.05, 4.69) is 4.72 Å². The minimum absolute atomic E-state index is 0.116. The van der Waals surface area contributed by atoms with Gasteiger partial charge in [0.25, 0.3) is 15.9 Å². The van der Waals surface area contributed by atoms with E-state index in [1.54, 1.807) is 7.05 Å². The maximum Gasteiger partial charge on any atom is 0.305 e. The smallest absolute Gasteiger partial charge is 0.305 e. The van der Waals surface area contributed by atoms with E-state index >= 15 is 0 Å². The van der Waals surface area contributed by atoms with E-state index in [1.165, 1.54) is 23.1 Å². The highest BCUT2D eigenvalue weighted by Gasteiger charge is 2.39. The number of rotatable bonds is 5. The molecular weight excluding hydrogens is 455 g/mol. The lowest BCUT2D eigenvalue weighted by molar-refractivity contribution is -0.148. The molecule has 9 nitrogen and oxygen atoms in total. The van der Waals surface area contributed by atoms with Crippen molar-refractivity contribution in [1.82, 2.24) is 4.90 Å². The Balaban J connectivity index is 1.57. The summed E-state index contributed by atoms with van der Waals surface area (Å²) in [6.07, 6.45) is 0.00473. The summed E-state index contributed by atoms with van der Waals surface area (Å²) in [7, 11) is -2.36. The Hall–Kier alpha value is -3.18. The molecule has 11 heteroatoms. The maximum absolute atomic E-state index is 13.2. The number of hydrogen-bond acceptors (Lipinski definition) is 6. The van der Waals surface area contributed by atoms with Crippen molar-refractivity contribution in [2.45, 2.75) is 42.4 Å². The van der Waals surface area contributed by atoms with Crippen LogP contribution in [0.15, 0.2) is 47.4 Å². The molecule has 3 atom stereocenters. The summed E-state index contributed by atoms with van der Waals surface area (Å²) >= 11 is 0. The standard InChI is InChI=1S/C22H23FN2O7S/c1-25-18-8-5-15(11-21(26)27)32-20(18)12-31-19-9-4-14(10-17(19)22(25)28)24-33(29,30)16-6-2-13(23)3-7-16/h2-4,6-7,9-10,15,18,20,24H,5,8,11-12H2,1H3,(H,26,27)/t15-,18-,20+/m1/s1. The predicted molar refractivity (Wildman–Crippen MR) is 115 cm³/mol. The maximum atomic E-state index is 13.2. The molecule has 176 valence electrons. The van der Waals surface area contributed by atoms with Crippen molar-refractivity contribution in [3.8, 4) is 5.75 Å². The first-order valence-corrected chi connectivity index (χ1v) is 11.8. The Morgan fingerprint density at radius 1 is 1.21 bits per heavy atom. The Morgan fingerprint density at radius 2 is 1.94 bits per heavy atom. The summed E-state index contributed by atoms with van der Waals surface area (Å²) in [6.45, 7) is 0.117. The van der Waals surface area contributed by atoms with Gasteiger partial charge >= 0.3 is 5.97 Å². The number of sulfonamides is 1. The highest BCUT2D eigenvalue weighted by atomic mass is 32.2. The van der Waals surface area contributed by atoms with Crippen LogP contribution in [0.5, 0.6) is 5.75 Å². The summed E-state index contributed by atoms with van der Waals surface area (Å²) in [5.41, 5.74) is 0.338. The fourth-order valence-corrected chi connectivity index (χ4v) is 5.16. The molecule has 0 aromatic heterocycles. The number of likely N-dealkylation sites (N-methyl/N-ethyl adjacent to an activating group) is 1. The summed E-state index contributed by atoms with van der Waals surface area (Å²) in [5.74, 6) is -1.61. The number of hydrogen-bond donors (Lipinski definition) is 2. The molecule has 2 aliphatic heterocycles. The summed E-state index contributed by atoms with van der Waals surface area (Å²) in [5, 5.41) is 9.04. The van der Waals surface area contributed by atoms with Gasteiger partial charge in [0.2, 0.25) is 0 Å². The monoisotopic (exact) mass is 478 g/mol. The van der Waals surface area contributed by atoms with Gasteiger partial charge in [-0.25, -0.2) is 12.8 Å². The van der Waals surface area contributed by atoms with Gasteiger partial charge in [-0.3, -0.25) is 14.3 Å². The minimum atomic E-state index is -3.99. The third-order valence-electron chi connectivity index (χ3n) is 5.79. The Labute approximate surface area is 190 Å². The zero-order valence-corrected chi connectivity index (χ0v) is 18.5. The molecule has 2 heterocycles. The number of aliphatic carboxylic acids is 1. The number of ether oxygens (including phenoxy) is 2. The largest absolute Gasteiger partial charge is 0.490 e. The molecule has 0 radical (unpaired) electrons. The molecule has 0 aliphatic carbocycles. The molecule has 2 aromatic rings. The molecule has 2 N–H and O–H groups in total. The molecule has 33 heavy (non-hydrogen) atoms. The second-order valence-electron chi connectivity index (χ2n) is 8.04. The minimum Gasteiger partial charge on any atom is -0.490 e. The molecule has 0 saturated carbocycles. The van der Waals surface area contributed by atoms with Crippen molar-refractivity contribution in [2.75, 3.05) is 18.4 Å². The van der Waals surface area contributed by atoms with Crippen molar-refractivity contribution in [2.24, 2.45) is 0 Å². The van der Waals surface area contributed by atoms with Gasteiger partial charge < -0.3 is 19.5 Å². The van der Waals surface area contributed by atoms with Crippen LogP contribution < -0.4 is 9.46 Å². The Kier molecular flexibility index (Phi) is 6.26. The van der Waals surface area contributed by atoms with Crippen LogP contribution in [0.2, 0.25) is 0 Å². The Bertz CT molecular complexity index is 1170. The fourth-order valence-electron chi connectivity index (χ4n) is 4.11. The first-order valence-electron chi connectivity index (χ1n) is 10.3. The first kappa shape index (κ1) is 23.0. The van der Waals surface area contributed by atoms with Crippen LogP contribution in [0.25, 0.3) is 0 Å². The molecule has 1 fully saturated rings. The highest BCUT2D eigenvalue weighted by molar-refractivity contribution is 7.92. The Morgan fingerprint density at radius 3 is 2.64 bits per heavy atom. The average Bonchev–Trinajstić information content (AvgIpc) is 2.76. The number of fused-ring (bicyclic) bond motifs is 2. The van der Waals surface area contributed by atoms with Gasteiger partial charge in [0.05, 0.1) is 29.0 Å². The van der Waals surface area contributed by atoms with E-state index in [1.807, 2.05) is 0 Å². The lowest BCUT2D eigenvalue weighted by atomic mass is 9.95. The van der Waals surface area contributed by atoms with Crippen molar-refractivity contribution in [1.29, 1.82) is 0 Å². The number of anilines is 1. The van der Waals surface area contributed by atoms with Crippen LogP contribution >= 0.6 is 0 Å². The summed E-state index contributed by atoms with van der Waals surface area (Å²) < 4.78 is 52.5. The van der Waals surface area contributed by atoms with E-state index < -0.39 is 34.0 Å². The van der Waals surface area contributed by atoms with Crippen LogP contribution in [0.1, 0.15) is 29.6 Å².